The Morgan fingerprint density at radius 3 is 2.82 bits per heavy atom. The van der Waals surface area contributed by atoms with E-state index in [0.29, 0.717) is 12.6 Å². The van der Waals surface area contributed by atoms with Crippen LogP contribution in [0.1, 0.15) is 27.2 Å². The van der Waals surface area contributed by atoms with Crippen LogP contribution in [-0.4, -0.2) is 61.6 Å². The van der Waals surface area contributed by atoms with Gasteiger partial charge >= 0.3 is 5.97 Å². The number of hydrogen-bond donors (Lipinski definition) is 0. The Hall–Kier alpha value is -0.610. The van der Waals surface area contributed by atoms with Gasteiger partial charge in [0.1, 0.15) is 0 Å². The van der Waals surface area contributed by atoms with Crippen LogP contribution in [-0.2, 0) is 9.53 Å². The number of carbonyl (C=O) groups is 1. The van der Waals surface area contributed by atoms with E-state index in [4.69, 9.17) is 4.74 Å². The van der Waals surface area contributed by atoms with Gasteiger partial charge in [0.05, 0.1) is 12.5 Å². The van der Waals surface area contributed by atoms with Crippen LogP contribution in [0.2, 0.25) is 0 Å². The van der Waals surface area contributed by atoms with E-state index in [1.165, 1.54) is 6.42 Å². The first kappa shape index (κ1) is 14.5. The standard InChI is InChI=1S/C13H26N2O2/c1-5-17-13(16)11(2)9-15-8-6-7-14(4)10-12(15)3/h11-12H,5-10H2,1-4H3. The zero-order valence-corrected chi connectivity index (χ0v) is 11.6. The van der Waals surface area contributed by atoms with Crippen molar-refractivity contribution in [3.8, 4) is 0 Å². The molecular weight excluding hydrogens is 216 g/mol. The number of nitrogens with zero attached hydrogens (tertiary/aromatic N) is 2. The van der Waals surface area contributed by atoms with Crippen LogP contribution < -0.4 is 0 Å². The first-order valence-corrected chi connectivity index (χ1v) is 6.63. The maximum Gasteiger partial charge on any atom is 0.309 e. The van der Waals surface area contributed by atoms with Gasteiger partial charge in [-0.15, -0.1) is 0 Å². The second kappa shape index (κ2) is 6.97. The maximum atomic E-state index is 11.6. The summed E-state index contributed by atoms with van der Waals surface area (Å²) in [6, 6.07) is 0.513. The molecule has 1 rings (SSSR count). The van der Waals surface area contributed by atoms with Gasteiger partial charge in [-0.25, -0.2) is 0 Å². The zero-order chi connectivity index (χ0) is 12.8. The Morgan fingerprint density at radius 2 is 2.18 bits per heavy atom. The van der Waals surface area contributed by atoms with Gasteiger partial charge in [0, 0.05) is 19.1 Å². The van der Waals surface area contributed by atoms with Crippen molar-refractivity contribution in [2.75, 3.05) is 39.8 Å². The van der Waals surface area contributed by atoms with E-state index in [1.807, 2.05) is 13.8 Å². The topological polar surface area (TPSA) is 32.8 Å². The molecular formula is C13H26N2O2. The van der Waals surface area contributed by atoms with E-state index in [9.17, 15) is 4.79 Å². The lowest BCUT2D eigenvalue weighted by molar-refractivity contribution is -0.148. The SMILES string of the molecule is CCOC(=O)C(C)CN1CCCN(C)CC1C. The van der Waals surface area contributed by atoms with Crippen LogP contribution in [0.4, 0.5) is 0 Å². The number of ether oxygens (including phenoxy) is 1. The van der Waals surface area contributed by atoms with Crippen molar-refractivity contribution < 1.29 is 9.53 Å². The molecule has 0 amide bonds. The summed E-state index contributed by atoms with van der Waals surface area (Å²) in [5, 5.41) is 0. The first-order chi connectivity index (χ1) is 8.04. The van der Waals surface area contributed by atoms with Gasteiger partial charge in [-0.05, 0) is 40.4 Å². The summed E-state index contributed by atoms with van der Waals surface area (Å²) < 4.78 is 5.06. The minimum absolute atomic E-state index is 0.0270. The van der Waals surface area contributed by atoms with E-state index in [1.54, 1.807) is 0 Å². The van der Waals surface area contributed by atoms with Crippen molar-refractivity contribution >= 4 is 5.97 Å². The Morgan fingerprint density at radius 1 is 1.47 bits per heavy atom. The normalized spacial score (nSPS) is 25.3. The van der Waals surface area contributed by atoms with Crippen molar-refractivity contribution in [1.29, 1.82) is 0 Å². The van der Waals surface area contributed by atoms with Crippen LogP contribution in [0.15, 0.2) is 0 Å². The van der Waals surface area contributed by atoms with Crippen molar-refractivity contribution in [3.05, 3.63) is 0 Å². The van der Waals surface area contributed by atoms with Crippen molar-refractivity contribution in [3.63, 3.8) is 0 Å². The highest BCUT2D eigenvalue weighted by molar-refractivity contribution is 5.72. The molecule has 0 spiro atoms. The summed E-state index contributed by atoms with van der Waals surface area (Å²) in [5.41, 5.74) is 0. The van der Waals surface area contributed by atoms with Crippen molar-refractivity contribution in [2.24, 2.45) is 5.92 Å². The van der Waals surface area contributed by atoms with Crippen LogP contribution in [0.3, 0.4) is 0 Å². The molecule has 0 N–H and O–H groups in total. The predicted octanol–water partition coefficient (Wildman–Crippen LogP) is 1.21. The molecule has 0 aromatic rings. The van der Waals surface area contributed by atoms with Gasteiger partial charge in [0.2, 0.25) is 0 Å². The molecule has 1 aliphatic rings. The lowest BCUT2D eigenvalue weighted by atomic mass is 10.1. The molecule has 2 unspecified atom stereocenters. The van der Waals surface area contributed by atoms with E-state index >= 15 is 0 Å². The molecule has 0 radical (unpaired) electrons. The summed E-state index contributed by atoms with van der Waals surface area (Å²) in [5.74, 6) is -0.0990. The van der Waals surface area contributed by atoms with E-state index in [2.05, 4.69) is 23.8 Å². The Balaban J connectivity index is 2.46. The largest absolute Gasteiger partial charge is 0.466 e. The van der Waals surface area contributed by atoms with Gasteiger partial charge in [-0.3, -0.25) is 9.69 Å². The number of likely N-dealkylation sites (N-methyl/N-ethyl adjacent to an activating group) is 1. The maximum absolute atomic E-state index is 11.6. The van der Waals surface area contributed by atoms with E-state index in [-0.39, 0.29) is 11.9 Å². The molecule has 4 nitrogen and oxygen atoms in total. The highest BCUT2D eigenvalue weighted by Crippen LogP contribution is 2.12. The second-order valence-corrected chi connectivity index (χ2v) is 5.11. The third-order valence-electron chi connectivity index (χ3n) is 3.38. The summed E-state index contributed by atoms with van der Waals surface area (Å²) in [6.45, 7) is 10.6. The summed E-state index contributed by atoms with van der Waals surface area (Å²) in [7, 11) is 2.16. The van der Waals surface area contributed by atoms with Gasteiger partial charge in [0.25, 0.3) is 0 Å². The molecule has 1 aliphatic heterocycles. The quantitative estimate of drug-likeness (QED) is 0.694. The third kappa shape index (κ3) is 4.64. The Bertz CT molecular complexity index is 246. The number of rotatable bonds is 4. The van der Waals surface area contributed by atoms with Gasteiger partial charge < -0.3 is 9.64 Å². The second-order valence-electron chi connectivity index (χ2n) is 5.11. The fraction of sp³-hybridized carbons (Fsp3) is 0.923. The molecule has 4 heteroatoms. The van der Waals surface area contributed by atoms with Crippen LogP contribution in [0.5, 0.6) is 0 Å². The first-order valence-electron chi connectivity index (χ1n) is 6.63. The lowest BCUT2D eigenvalue weighted by Gasteiger charge is -2.29. The minimum atomic E-state index is -0.0719. The molecule has 0 aromatic carbocycles. The number of esters is 1. The molecule has 2 atom stereocenters. The summed E-state index contributed by atoms with van der Waals surface area (Å²) >= 11 is 0. The highest BCUT2D eigenvalue weighted by atomic mass is 16.5. The average molecular weight is 242 g/mol. The molecule has 0 aromatic heterocycles. The molecule has 0 saturated carbocycles. The molecule has 1 heterocycles. The number of hydrogen-bond acceptors (Lipinski definition) is 4. The molecule has 1 fully saturated rings. The molecule has 17 heavy (non-hydrogen) atoms. The molecule has 100 valence electrons. The summed E-state index contributed by atoms with van der Waals surface area (Å²) in [4.78, 5) is 16.4. The molecule has 1 saturated heterocycles. The van der Waals surface area contributed by atoms with E-state index in [0.717, 1.165) is 26.2 Å². The van der Waals surface area contributed by atoms with Gasteiger partial charge in [-0.2, -0.15) is 0 Å². The van der Waals surface area contributed by atoms with Crippen molar-refractivity contribution in [2.45, 2.75) is 33.2 Å². The Labute approximate surface area is 105 Å². The van der Waals surface area contributed by atoms with E-state index < -0.39 is 0 Å². The smallest absolute Gasteiger partial charge is 0.309 e. The highest BCUT2D eigenvalue weighted by Gasteiger charge is 2.24. The number of carbonyl (C=O) groups excluding carboxylic acids is 1. The zero-order valence-electron chi connectivity index (χ0n) is 11.6. The fourth-order valence-corrected chi connectivity index (χ4v) is 2.40. The predicted molar refractivity (Wildman–Crippen MR) is 68.9 cm³/mol. The minimum Gasteiger partial charge on any atom is -0.466 e. The van der Waals surface area contributed by atoms with Crippen LogP contribution in [0.25, 0.3) is 0 Å². The lowest BCUT2D eigenvalue weighted by Crippen LogP contribution is -2.41. The molecule has 0 aliphatic carbocycles. The average Bonchev–Trinajstić information content (AvgIpc) is 2.41. The monoisotopic (exact) mass is 242 g/mol. The molecule has 0 bridgehead atoms. The third-order valence-corrected chi connectivity index (χ3v) is 3.38. The van der Waals surface area contributed by atoms with Gasteiger partial charge in [0.15, 0.2) is 0 Å². The Kier molecular flexibility index (Phi) is 5.92. The fourth-order valence-electron chi connectivity index (χ4n) is 2.40. The summed E-state index contributed by atoms with van der Waals surface area (Å²) in [6.07, 6.45) is 1.18. The van der Waals surface area contributed by atoms with Crippen LogP contribution >= 0.6 is 0 Å². The van der Waals surface area contributed by atoms with Crippen LogP contribution in [0, 0.1) is 5.92 Å². The van der Waals surface area contributed by atoms with Gasteiger partial charge in [-0.1, -0.05) is 6.92 Å². The van der Waals surface area contributed by atoms with Crippen molar-refractivity contribution in [1.82, 2.24) is 9.80 Å².